The van der Waals surface area contributed by atoms with Crippen LogP contribution < -0.4 is 0 Å². The summed E-state index contributed by atoms with van der Waals surface area (Å²) in [6.45, 7) is 0. The molecular formula is C11H12O3S. The van der Waals surface area contributed by atoms with Crippen LogP contribution in [0.1, 0.15) is 6.42 Å². The number of carbonyl (C=O) groups is 2. The minimum atomic E-state index is -0.912. The Morgan fingerprint density at radius 1 is 1.40 bits per heavy atom. The Morgan fingerprint density at radius 2 is 2.07 bits per heavy atom. The molecule has 1 aromatic carbocycles. The second-order valence-electron chi connectivity index (χ2n) is 3.06. The number of carboxylic acid groups (broad SMARTS) is 1. The van der Waals surface area contributed by atoms with Gasteiger partial charge in [-0.2, -0.15) is 0 Å². The largest absolute Gasteiger partial charge is 0.481 e. The molecule has 4 heteroatoms. The number of carbonyl (C=O) groups excluding carboxylic acids is 1. The van der Waals surface area contributed by atoms with E-state index in [0.717, 1.165) is 4.90 Å². The van der Waals surface area contributed by atoms with Crippen molar-refractivity contribution in [3.05, 3.63) is 30.3 Å². The van der Waals surface area contributed by atoms with E-state index >= 15 is 0 Å². The second-order valence-corrected chi connectivity index (χ2v) is 4.15. The predicted octanol–water partition coefficient (Wildman–Crippen LogP) is 2.07. The van der Waals surface area contributed by atoms with E-state index in [0.29, 0.717) is 12.0 Å². The average Bonchev–Trinajstić information content (AvgIpc) is 2.25. The van der Waals surface area contributed by atoms with E-state index in [1.165, 1.54) is 11.8 Å². The number of carboxylic acids is 1. The van der Waals surface area contributed by atoms with Gasteiger partial charge in [0.05, 0.1) is 5.92 Å². The van der Waals surface area contributed by atoms with Crippen molar-refractivity contribution < 1.29 is 14.7 Å². The number of aldehydes is 1. The third-order valence-electron chi connectivity index (χ3n) is 1.92. The van der Waals surface area contributed by atoms with Crippen molar-refractivity contribution in [2.24, 2.45) is 5.92 Å². The van der Waals surface area contributed by atoms with Gasteiger partial charge in [0.25, 0.3) is 0 Å². The molecule has 0 amide bonds. The Hall–Kier alpha value is -1.29. The molecule has 1 rings (SSSR count). The smallest absolute Gasteiger partial charge is 0.307 e. The molecular weight excluding hydrogens is 212 g/mol. The molecule has 1 aromatic rings. The van der Waals surface area contributed by atoms with Crippen LogP contribution in [0.5, 0.6) is 0 Å². The number of benzene rings is 1. The lowest BCUT2D eigenvalue weighted by molar-refractivity contribution is -0.141. The third kappa shape index (κ3) is 4.16. The molecule has 0 saturated carbocycles. The fraction of sp³-hybridized carbons (Fsp3) is 0.273. The Kier molecular flexibility index (Phi) is 4.90. The minimum Gasteiger partial charge on any atom is -0.481 e. The van der Waals surface area contributed by atoms with E-state index in [1.807, 2.05) is 30.3 Å². The summed E-state index contributed by atoms with van der Waals surface area (Å²) in [7, 11) is 0. The Labute approximate surface area is 92.5 Å². The van der Waals surface area contributed by atoms with Crippen LogP contribution in [-0.4, -0.2) is 23.1 Å². The second kappa shape index (κ2) is 6.24. The number of rotatable bonds is 6. The molecule has 0 aliphatic rings. The van der Waals surface area contributed by atoms with Crippen LogP contribution in [-0.2, 0) is 9.59 Å². The lowest BCUT2D eigenvalue weighted by Crippen LogP contribution is -2.16. The van der Waals surface area contributed by atoms with Gasteiger partial charge in [0.15, 0.2) is 0 Å². The summed E-state index contributed by atoms with van der Waals surface area (Å²) in [5.74, 6) is -1.07. The van der Waals surface area contributed by atoms with Crippen molar-refractivity contribution >= 4 is 24.0 Å². The summed E-state index contributed by atoms with van der Waals surface area (Å²) in [5, 5.41) is 8.81. The van der Waals surface area contributed by atoms with Crippen molar-refractivity contribution in [2.75, 3.05) is 5.75 Å². The Balaban J connectivity index is 2.47. The molecule has 15 heavy (non-hydrogen) atoms. The van der Waals surface area contributed by atoms with Crippen molar-refractivity contribution in [1.29, 1.82) is 0 Å². The highest BCUT2D eigenvalue weighted by molar-refractivity contribution is 7.99. The average molecular weight is 224 g/mol. The van der Waals surface area contributed by atoms with Gasteiger partial charge < -0.3 is 9.90 Å². The molecule has 0 spiro atoms. The van der Waals surface area contributed by atoms with Gasteiger partial charge in [0.2, 0.25) is 0 Å². The van der Waals surface area contributed by atoms with Gasteiger partial charge in [-0.25, -0.2) is 0 Å². The fourth-order valence-electron chi connectivity index (χ4n) is 1.07. The molecule has 0 bridgehead atoms. The van der Waals surface area contributed by atoms with Gasteiger partial charge in [-0.15, -0.1) is 11.8 Å². The Morgan fingerprint density at radius 3 is 2.60 bits per heavy atom. The van der Waals surface area contributed by atoms with Crippen LogP contribution in [0.3, 0.4) is 0 Å². The number of hydrogen-bond donors (Lipinski definition) is 1. The van der Waals surface area contributed by atoms with Crippen molar-refractivity contribution in [2.45, 2.75) is 11.3 Å². The number of aliphatic carboxylic acids is 1. The zero-order valence-corrected chi connectivity index (χ0v) is 8.94. The van der Waals surface area contributed by atoms with Crippen LogP contribution in [0.15, 0.2) is 35.2 Å². The topological polar surface area (TPSA) is 54.4 Å². The van der Waals surface area contributed by atoms with Gasteiger partial charge in [-0.3, -0.25) is 4.79 Å². The Bertz CT molecular complexity index is 324. The standard InChI is InChI=1S/C11H12O3S/c12-7-6-9(11(13)14)8-15-10-4-2-1-3-5-10/h1-5,7,9H,6,8H2,(H,13,14). The molecule has 0 fully saturated rings. The number of hydrogen-bond acceptors (Lipinski definition) is 3. The van der Waals surface area contributed by atoms with E-state index in [4.69, 9.17) is 5.11 Å². The van der Waals surface area contributed by atoms with Crippen LogP contribution in [0.2, 0.25) is 0 Å². The first-order valence-corrected chi connectivity index (χ1v) is 5.57. The zero-order chi connectivity index (χ0) is 11.1. The molecule has 1 atom stereocenters. The molecule has 0 aliphatic heterocycles. The highest BCUT2D eigenvalue weighted by Gasteiger charge is 2.16. The molecule has 0 aromatic heterocycles. The molecule has 3 nitrogen and oxygen atoms in total. The molecule has 80 valence electrons. The summed E-state index contributed by atoms with van der Waals surface area (Å²) in [5.41, 5.74) is 0. The lowest BCUT2D eigenvalue weighted by atomic mass is 10.1. The first-order valence-electron chi connectivity index (χ1n) is 4.58. The molecule has 0 aliphatic carbocycles. The predicted molar refractivity (Wildman–Crippen MR) is 59.0 cm³/mol. The van der Waals surface area contributed by atoms with Gasteiger partial charge in [-0.05, 0) is 12.1 Å². The van der Waals surface area contributed by atoms with Crippen LogP contribution in [0, 0.1) is 5.92 Å². The van der Waals surface area contributed by atoms with Gasteiger partial charge in [-0.1, -0.05) is 18.2 Å². The highest BCUT2D eigenvalue weighted by Crippen LogP contribution is 2.21. The van der Waals surface area contributed by atoms with E-state index in [-0.39, 0.29) is 6.42 Å². The van der Waals surface area contributed by atoms with Crippen molar-refractivity contribution in [3.63, 3.8) is 0 Å². The molecule has 0 heterocycles. The van der Waals surface area contributed by atoms with Crippen molar-refractivity contribution in [3.8, 4) is 0 Å². The first-order chi connectivity index (χ1) is 7.24. The normalized spacial score (nSPS) is 12.0. The van der Waals surface area contributed by atoms with Gasteiger partial charge in [0, 0.05) is 17.1 Å². The van der Waals surface area contributed by atoms with Crippen LogP contribution in [0.4, 0.5) is 0 Å². The molecule has 1 N–H and O–H groups in total. The summed E-state index contributed by atoms with van der Waals surface area (Å²) in [4.78, 5) is 22.0. The molecule has 1 unspecified atom stereocenters. The summed E-state index contributed by atoms with van der Waals surface area (Å²) in [6, 6.07) is 9.55. The van der Waals surface area contributed by atoms with Gasteiger partial charge in [0.1, 0.15) is 6.29 Å². The monoisotopic (exact) mass is 224 g/mol. The van der Waals surface area contributed by atoms with E-state index < -0.39 is 11.9 Å². The van der Waals surface area contributed by atoms with Crippen LogP contribution >= 0.6 is 11.8 Å². The summed E-state index contributed by atoms with van der Waals surface area (Å²) in [6.07, 6.45) is 0.736. The third-order valence-corrected chi connectivity index (χ3v) is 3.10. The fourth-order valence-corrected chi connectivity index (χ4v) is 2.09. The molecule has 0 radical (unpaired) electrons. The maximum atomic E-state index is 10.7. The van der Waals surface area contributed by atoms with E-state index in [1.54, 1.807) is 0 Å². The maximum absolute atomic E-state index is 10.7. The lowest BCUT2D eigenvalue weighted by Gasteiger charge is -2.07. The van der Waals surface area contributed by atoms with E-state index in [2.05, 4.69) is 0 Å². The van der Waals surface area contributed by atoms with Gasteiger partial charge >= 0.3 is 5.97 Å². The zero-order valence-electron chi connectivity index (χ0n) is 8.13. The van der Waals surface area contributed by atoms with Crippen LogP contribution in [0.25, 0.3) is 0 Å². The van der Waals surface area contributed by atoms with Crippen molar-refractivity contribution in [1.82, 2.24) is 0 Å². The summed E-state index contributed by atoms with van der Waals surface area (Å²) >= 11 is 1.46. The maximum Gasteiger partial charge on any atom is 0.307 e. The van der Waals surface area contributed by atoms with E-state index in [9.17, 15) is 9.59 Å². The SMILES string of the molecule is O=CCC(CSc1ccccc1)C(=O)O. The summed E-state index contributed by atoms with van der Waals surface area (Å²) < 4.78 is 0. The quantitative estimate of drug-likeness (QED) is 0.593. The first kappa shape index (κ1) is 11.8. The highest BCUT2D eigenvalue weighted by atomic mass is 32.2. The number of thioether (sulfide) groups is 1. The minimum absolute atomic E-state index is 0.0785. The molecule has 0 saturated heterocycles.